The van der Waals surface area contributed by atoms with Crippen LogP contribution in [0.1, 0.15) is 20.8 Å². The van der Waals surface area contributed by atoms with Gasteiger partial charge in [-0.15, -0.1) is 0 Å². The Bertz CT molecular complexity index is 766. The highest BCUT2D eigenvalue weighted by atomic mass is 32.2. The van der Waals surface area contributed by atoms with Crippen molar-refractivity contribution < 1.29 is 22.9 Å². The lowest BCUT2D eigenvalue weighted by Crippen LogP contribution is -2.50. The van der Waals surface area contributed by atoms with Gasteiger partial charge in [0.2, 0.25) is 10.0 Å². The maximum absolute atomic E-state index is 13.1. The second-order valence-electron chi connectivity index (χ2n) is 6.47. The van der Waals surface area contributed by atoms with Gasteiger partial charge in [-0.3, -0.25) is 4.79 Å². The van der Waals surface area contributed by atoms with E-state index in [9.17, 15) is 18.4 Å². The van der Waals surface area contributed by atoms with Crippen LogP contribution < -0.4 is 0 Å². The molecule has 1 aromatic carbocycles. The van der Waals surface area contributed by atoms with E-state index >= 15 is 0 Å². The fourth-order valence-electron chi connectivity index (χ4n) is 3.19. The Hall–Kier alpha value is -2.20. The number of hydroxylamine groups is 1. The molecule has 2 unspecified atom stereocenters. The maximum atomic E-state index is 13.1. The average molecular weight is 384 g/mol. The van der Waals surface area contributed by atoms with Gasteiger partial charge in [-0.1, -0.05) is 32.0 Å². The van der Waals surface area contributed by atoms with Crippen LogP contribution in [0.15, 0.2) is 40.5 Å². The van der Waals surface area contributed by atoms with Gasteiger partial charge in [0.15, 0.2) is 5.28 Å². The monoisotopic (exact) mass is 384 g/mol. The first-order chi connectivity index (χ1) is 12.2. The van der Waals surface area contributed by atoms with Crippen molar-refractivity contribution >= 4 is 15.9 Å². The molecule has 0 aromatic heterocycles. The van der Waals surface area contributed by atoms with Gasteiger partial charge in [-0.2, -0.15) is 4.31 Å². The van der Waals surface area contributed by atoms with Crippen LogP contribution in [0.5, 0.6) is 0 Å². The molecule has 26 heavy (non-hydrogen) atoms. The van der Waals surface area contributed by atoms with Crippen LogP contribution in [0.4, 0.5) is 0 Å². The molecule has 2 atom stereocenters. The highest BCUT2D eigenvalue weighted by molar-refractivity contribution is 7.89. The molecule has 0 N–H and O–H groups in total. The van der Waals surface area contributed by atoms with Crippen molar-refractivity contribution in [1.82, 2.24) is 9.21 Å². The third kappa shape index (κ3) is 3.96. The molecule has 1 aliphatic rings. The molecule has 0 aliphatic carbocycles. The van der Waals surface area contributed by atoms with Crippen LogP contribution >= 0.6 is 0 Å². The van der Waals surface area contributed by atoms with Gasteiger partial charge in [0.05, 0.1) is 4.90 Å². The summed E-state index contributed by atoms with van der Waals surface area (Å²) in [5, 5.41) is 14.7. The zero-order chi connectivity index (χ0) is 19.5. The van der Waals surface area contributed by atoms with Crippen molar-refractivity contribution in [3.05, 3.63) is 35.5 Å². The van der Waals surface area contributed by atoms with E-state index in [1.165, 1.54) is 28.4 Å². The topological polar surface area (TPSA) is 105 Å². The van der Waals surface area contributed by atoms with Crippen molar-refractivity contribution in [2.45, 2.75) is 37.9 Å². The van der Waals surface area contributed by atoms with Crippen LogP contribution in [0.25, 0.3) is 0 Å². The smallest absolute Gasteiger partial charge is 0.293 e. The molecule has 1 heterocycles. The Morgan fingerprint density at radius 3 is 2.54 bits per heavy atom. The highest BCUT2D eigenvalue weighted by Crippen LogP contribution is 2.31. The molecule has 2 rings (SSSR count). The van der Waals surface area contributed by atoms with Crippen LogP contribution in [0.3, 0.4) is 0 Å². The number of rotatable bonds is 6. The Morgan fingerprint density at radius 2 is 2.00 bits per heavy atom. The second kappa shape index (κ2) is 8.00. The molecular formula is C16H24N4O5S. The van der Waals surface area contributed by atoms with Crippen molar-refractivity contribution in [1.29, 1.82) is 0 Å². The molecule has 0 saturated carbocycles. The number of carbonyl (C=O) groups is 1. The lowest BCUT2D eigenvalue weighted by atomic mass is 10.1. The highest BCUT2D eigenvalue weighted by Gasteiger charge is 2.48. The van der Waals surface area contributed by atoms with Crippen LogP contribution in [-0.4, -0.2) is 60.8 Å². The zero-order valence-electron chi connectivity index (χ0n) is 15.3. The Balaban J connectivity index is 2.36. The zero-order valence-corrected chi connectivity index (χ0v) is 16.1. The lowest BCUT2D eigenvalue weighted by Gasteiger charge is -2.33. The summed E-state index contributed by atoms with van der Waals surface area (Å²) in [7, 11) is -2.56. The quantitative estimate of drug-likeness (QED) is 0.419. The average Bonchev–Trinajstić information content (AvgIpc) is 2.94. The molecule has 9 nitrogen and oxygen atoms in total. The summed E-state index contributed by atoms with van der Waals surface area (Å²) in [5.41, 5.74) is 0. The number of amides is 1. The molecule has 0 radical (unpaired) electrons. The molecule has 10 heteroatoms. The van der Waals surface area contributed by atoms with Gasteiger partial charge in [-0.25, -0.2) is 8.42 Å². The largest absolute Gasteiger partial charge is 0.597 e. The van der Waals surface area contributed by atoms with Gasteiger partial charge in [0.25, 0.3) is 12.5 Å². The van der Waals surface area contributed by atoms with Crippen LogP contribution in [-0.2, 0) is 19.7 Å². The van der Waals surface area contributed by atoms with E-state index in [0.29, 0.717) is 0 Å². The Morgan fingerprint density at radius 1 is 1.38 bits per heavy atom. The Labute approximate surface area is 153 Å². The summed E-state index contributed by atoms with van der Waals surface area (Å²) in [4.78, 5) is 18.7. The Kier molecular flexibility index (Phi) is 6.19. The summed E-state index contributed by atoms with van der Waals surface area (Å²) in [6.45, 7) is 5.05. The SMILES string of the molecule is CO/N=[N+](\[O-])CC(=O)N1C(C)CN(S(=O)(=O)c2ccccc2)C1C(C)C. The summed E-state index contributed by atoms with van der Waals surface area (Å²) >= 11 is 0. The summed E-state index contributed by atoms with van der Waals surface area (Å²) in [6.07, 6.45) is -0.682. The van der Waals surface area contributed by atoms with Gasteiger partial charge in [-0.05, 0) is 29.8 Å². The van der Waals surface area contributed by atoms with Crippen molar-refractivity contribution in [2.24, 2.45) is 11.2 Å². The standard InChI is InChI=1S/C16H24N4O5S/c1-12(2)16-18(26(23,24)14-8-6-5-7-9-14)10-13(3)20(16)15(21)11-19(22)17-25-4/h5-9,12-13,16H,10-11H2,1-4H3/b19-17-. The molecule has 1 amide bonds. The maximum Gasteiger partial charge on any atom is 0.293 e. The number of nitrogens with zero attached hydrogens (tertiary/aromatic N) is 4. The predicted molar refractivity (Wildman–Crippen MR) is 93.2 cm³/mol. The van der Waals surface area contributed by atoms with Crippen LogP contribution in [0.2, 0.25) is 0 Å². The molecule has 0 spiro atoms. The fourth-order valence-corrected chi connectivity index (χ4v) is 5.00. The number of sulfonamides is 1. The first-order valence-electron chi connectivity index (χ1n) is 8.27. The third-order valence-electron chi connectivity index (χ3n) is 4.18. The molecule has 1 aromatic rings. The van der Waals surface area contributed by atoms with E-state index in [2.05, 4.69) is 10.1 Å². The molecule has 1 aliphatic heterocycles. The molecular weight excluding hydrogens is 360 g/mol. The molecule has 0 bridgehead atoms. The minimum absolute atomic E-state index is 0.140. The van der Waals surface area contributed by atoms with E-state index < -0.39 is 28.6 Å². The summed E-state index contributed by atoms with van der Waals surface area (Å²) in [6, 6.07) is 7.73. The van der Waals surface area contributed by atoms with Gasteiger partial charge >= 0.3 is 0 Å². The normalized spacial score (nSPS) is 22.0. The molecule has 1 fully saturated rings. The number of carbonyl (C=O) groups excluding carboxylic acids is 1. The van der Waals surface area contributed by atoms with E-state index in [-0.39, 0.29) is 28.3 Å². The number of hydrogen-bond acceptors (Lipinski definition) is 6. The first kappa shape index (κ1) is 20.1. The van der Waals surface area contributed by atoms with Crippen molar-refractivity contribution in [3.63, 3.8) is 0 Å². The number of benzene rings is 1. The van der Waals surface area contributed by atoms with E-state index in [4.69, 9.17) is 0 Å². The van der Waals surface area contributed by atoms with Crippen LogP contribution in [0, 0.1) is 11.1 Å². The molecule has 144 valence electrons. The lowest BCUT2D eigenvalue weighted by molar-refractivity contribution is -0.547. The first-order valence-corrected chi connectivity index (χ1v) is 9.71. The minimum atomic E-state index is -3.77. The van der Waals surface area contributed by atoms with E-state index in [0.717, 1.165) is 0 Å². The minimum Gasteiger partial charge on any atom is -0.597 e. The number of hydrogen-bond donors (Lipinski definition) is 0. The summed E-state index contributed by atoms with van der Waals surface area (Å²) < 4.78 is 27.5. The van der Waals surface area contributed by atoms with Gasteiger partial charge in [0, 0.05) is 12.6 Å². The van der Waals surface area contributed by atoms with Gasteiger partial charge < -0.3 is 14.9 Å². The summed E-state index contributed by atoms with van der Waals surface area (Å²) in [5.74, 6) is -0.667. The second-order valence-corrected chi connectivity index (χ2v) is 8.36. The fraction of sp³-hybridized carbons (Fsp3) is 0.562. The van der Waals surface area contributed by atoms with Gasteiger partial charge in [0.1, 0.15) is 13.3 Å². The van der Waals surface area contributed by atoms with E-state index in [1.807, 2.05) is 13.8 Å². The van der Waals surface area contributed by atoms with E-state index in [1.54, 1.807) is 25.1 Å². The molecule has 1 saturated heterocycles. The van der Waals surface area contributed by atoms with Crippen molar-refractivity contribution in [3.8, 4) is 0 Å². The predicted octanol–water partition coefficient (Wildman–Crippen LogP) is 1.41. The third-order valence-corrected chi connectivity index (χ3v) is 6.03. The van der Waals surface area contributed by atoms with Crippen molar-refractivity contribution in [2.75, 3.05) is 20.2 Å².